The van der Waals surface area contributed by atoms with Gasteiger partial charge in [0, 0.05) is 5.56 Å². The lowest BCUT2D eigenvalue weighted by Gasteiger charge is -2.12. The van der Waals surface area contributed by atoms with Gasteiger partial charge in [-0.3, -0.25) is 0 Å². The molecule has 3 aromatic carbocycles. The van der Waals surface area contributed by atoms with E-state index < -0.39 is 11.8 Å². The average molecular weight is 417 g/mol. The van der Waals surface area contributed by atoms with Crippen LogP contribution in [-0.2, 0) is 16.1 Å². The van der Waals surface area contributed by atoms with Gasteiger partial charge in [0.25, 0.3) is 0 Å². The van der Waals surface area contributed by atoms with Gasteiger partial charge >= 0.3 is 5.97 Å². The highest BCUT2D eigenvalue weighted by molar-refractivity contribution is 6.12. The van der Waals surface area contributed by atoms with Crippen molar-refractivity contribution in [2.45, 2.75) is 13.5 Å². The van der Waals surface area contributed by atoms with Crippen LogP contribution in [0.25, 0.3) is 6.08 Å². The second kappa shape index (κ2) is 8.83. The largest absolute Gasteiger partial charge is 0.493 e. The Morgan fingerprint density at radius 2 is 1.87 bits per heavy atom. The maximum Gasteiger partial charge on any atom is 0.363 e. The first-order valence-electron chi connectivity index (χ1n) is 9.67. The number of ether oxygens (including phenoxy) is 3. The number of aryl methyl sites for hydroxylation is 1. The summed E-state index contributed by atoms with van der Waals surface area (Å²) in [7, 11) is 1.55. The molecule has 0 atom stereocenters. The summed E-state index contributed by atoms with van der Waals surface area (Å²) < 4.78 is 30.0. The predicted molar refractivity (Wildman–Crippen MR) is 116 cm³/mol. The maximum absolute atomic E-state index is 13.4. The second-order valence-corrected chi connectivity index (χ2v) is 6.97. The molecule has 0 amide bonds. The zero-order valence-electron chi connectivity index (χ0n) is 17.1. The van der Waals surface area contributed by atoms with E-state index in [-0.39, 0.29) is 11.6 Å². The van der Waals surface area contributed by atoms with E-state index in [4.69, 9.17) is 14.2 Å². The van der Waals surface area contributed by atoms with E-state index in [2.05, 4.69) is 4.99 Å². The molecule has 5 nitrogen and oxygen atoms in total. The van der Waals surface area contributed by atoms with Crippen molar-refractivity contribution in [2.24, 2.45) is 4.99 Å². The number of nitrogens with zero attached hydrogens (tertiary/aromatic N) is 1. The summed E-state index contributed by atoms with van der Waals surface area (Å²) in [5, 5.41) is 0. The average Bonchev–Trinajstić information content (AvgIpc) is 3.14. The number of benzene rings is 3. The first-order valence-corrected chi connectivity index (χ1v) is 9.67. The molecule has 6 heteroatoms. The smallest absolute Gasteiger partial charge is 0.363 e. The quantitative estimate of drug-likeness (QED) is 0.415. The topological polar surface area (TPSA) is 57.1 Å². The highest BCUT2D eigenvalue weighted by atomic mass is 19.1. The molecule has 1 heterocycles. The number of carbonyl (C=O) groups is 1. The zero-order valence-corrected chi connectivity index (χ0v) is 17.1. The molecular formula is C25H20FNO4. The molecule has 31 heavy (non-hydrogen) atoms. The molecule has 1 aliphatic heterocycles. The summed E-state index contributed by atoms with van der Waals surface area (Å²) in [6.07, 6.45) is 1.59. The number of hydrogen-bond acceptors (Lipinski definition) is 5. The van der Waals surface area contributed by atoms with Crippen molar-refractivity contribution in [3.63, 3.8) is 0 Å². The van der Waals surface area contributed by atoms with Crippen LogP contribution in [0.15, 0.2) is 77.4 Å². The van der Waals surface area contributed by atoms with Crippen LogP contribution in [0.1, 0.15) is 22.3 Å². The number of hydrogen-bond donors (Lipinski definition) is 0. The van der Waals surface area contributed by atoms with Crippen molar-refractivity contribution in [2.75, 3.05) is 7.11 Å². The molecule has 1 aliphatic rings. The third-order valence-electron chi connectivity index (χ3n) is 4.83. The first-order chi connectivity index (χ1) is 15.0. The fourth-order valence-corrected chi connectivity index (χ4v) is 3.13. The molecule has 0 aromatic heterocycles. The lowest BCUT2D eigenvalue weighted by atomic mass is 10.1. The Bertz CT molecular complexity index is 1200. The molecule has 0 N–H and O–H groups in total. The van der Waals surface area contributed by atoms with Crippen molar-refractivity contribution in [3.8, 4) is 11.5 Å². The van der Waals surface area contributed by atoms with Crippen molar-refractivity contribution >= 4 is 17.9 Å². The summed E-state index contributed by atoms with van der Waals surface area (Å²) >= 11 is 0. The Hall–Kier alpha value is -3.93. The van der Waals surface area contributed by atoms with Crippen molar-refractivity contribution in [3.05, 3.63) is 100 Å². The van der Waals surface area contributed by atoms with Gasteiger partial charge in [-0.2, -0.15) is 0 Å². The van der Waals surface area contributed by atoms with E-state index in [0.717, 1.165) is 11.1 Å². The maximum atomic E-state index is 13.4. The molecule has 0 saturated heterocycles. The molecule has 0 radical (unpaired) electrons. The lowest BCUT2D eigenvalue weighted by Crippen LogP contribution is -2.05. The van der Waals surface area contributed by atoms with Crippen LogP contribution in [0.3, 0.4) is 0 Å². The van der Waals surface area contributed by atoms with E-state index in [1.54, 1.807) is 37.5 Å². The molecule has 0 bridgehead atoms. The zero-order chi connectivity index (χ0) is 21.8. The Kier molecular flexibility index (Phi) is 5.80. The summed E-state index contributed by atoms with van der Waals surface area (Å²) in [6, 6.07) is 19.1. The number of aliphatic imine (C=N–C) groups is 1. The van der Waals surface area contributed by atoms with Gasteiger partial charge in [-0.1, -0.05) is 36.4 Å². The Balaban J connectivity index is 1.55. The van der Waals surface area contributed by atoms with Gasteiger partial charge in [0.1, 0.15) is 12.4 Å². The molecule has 0 saturated carbocycles. The molecule has 156 valence electrons. The van der Waals surface area contributed by atoms with Gasteiger partial charge in [-0.25, -0.2) is 14.2 Å². The van der Waals surface area contributed by atoms with Crippen LogP contribution in [0.2, 0.25) is 0 Å². The van der Waals surface area contributed by atoms with Crippen LogP contribution in [0.4, 0.5) is 4.39 Å². The van der Waals surface area contributed by atoms with E-state index in [1.807, 2.05) is 31.2 Å². The normalized spacial score (nSPS) is 14.4. The lowest BCUT2D eigenvalue weighted by molar-refractivity contribution is -0.129. The van der Waals surface area contributed by atoms with Crippen LogP contribution in [-0.4, -0.2) is 19.0 Å². The Labute approximate surface area is 179 Å². The highest BCUT2D eigenvalue weighted by Crippen LogP contribution is 2.30. The number of esters is 1. The number of carbonyl (C=O) groups excluding carboxylic acids is 1. The van der Waals surface area contributed by atoms with Gasteiger partial charge in [0.2, 0.25) is 5.90 Å². The number of rotatable bonds is 6. The van der Waals surface area contributed by atoms with Crippen LogP contribution in [0, 0.1) is 12.7 Å². The van der Waals surface area contributed by atoms with E-state index in [9.17, 15) is 9.18 Å². The van der Waals surface area contributed by atoms with Gasteiger partial charge in [-0.15, -0.1) is 0 Å². The summed E-state index contributed by atoms with van der Waals surface area (Å²) in [5.74, 6) is 0.160. The molecule has 0 aliphatic carbocycles. The molecule has 0 fully saturated rings. The molecule has 0 spiro atoms. The Morgan fingerprint density at radius 3 is 2.65 bits per heavy atom. The minimum Gasteiger partial charge on any atom is -0.493 e. The summed E-state index contributed by atoms with van der Waals surface area (Å²) in [6.45, 7) is 2.45. The van der Waals surface area contributed by atoms with Crippen LogP contribution in [0.5, 0.6) is 11.5 Å². The number of halogens is 1. The molecule has 4 rings (SSSR count). The SMILES string of the molecule is COc1cc(/C=C2\N=C(c3cccc(F)c3)OC2=O)ccc1OCc1ccccc1C. The minimum absolute atomic E-state index is 0.0703. The minimum atomic E-state index is -0.599. The third-order valence-corrected chi connectivity index (χ3v) is 4.83. The Morgan fingerprint density at radius 1 is 1.03 bits per heavy atom. The highest BCUT2D eigenvalue weighted by Gasteiger charge is 2.24. The van der Waals surface area contributed by atoms with Crippen molar-refractivity contribution in [1.82, 2.24) is 0 Å². The van der Waals surface area contributed by atoms with E-state index >= 15 is 0 Å². The fraction of sp³-hybridized carbons (Fsp3) is 0.120. The second-order valence-electron chi connectivity index (χ2n) is 6.97. The number of cyclic esters (lactones) is 1. The van der Waals surface area contributed by atoms with Gasteiger partial charge in [-0.05, 0) is 60.0 Å². The monoisotopic (exact) mass is 417 g/mol. The molecule has 0 unspecified atom stereocenters. The van der Waals surface area contributed by atoms with E-state index in [0.29, 0.717) is 29.2 Å². The summed E-state index contributed by atoms with van der Waals surface area (Å²) in [4.78, 5) is 16.4. The molecular weight excluding hydrogens is 397 g/mol. The van der Waals surface area contributed by atoms with Gasteiger partial charge in [0.05, 0.1) is 7.11 Å². The fourth-order valence-electron chi connectivity index (χ4n) is 3.13. The number of methoxy groups -OCH3 is 1. The van der Waals surface area contributed by atoms with Crippen LogP contribution < -0.4 is 9.47 Å². The predicted octanol–water partition coefficient (Wildman–Crippen LogP) is 5.07. The first kappa shape index (κ1) is 20.3. The third kappa shape index (κ3) is 4.64. The van der Waals surface area contributed by atoms with E-state index in [1.165, 1.54) is 18.2 Å². The van der Waals surface area contributed by atoms with Gasteiger partial charge < -0.3 is 14.2 Å². The van der Waals surface area contributed by atoms with Crippen molar-refractivity contribution < 1.29 is 23.4 Å². The van der Waals surface area contributed by atoms with Crippen molar-refractivity contribution in [1.29, 1.82) is 0 Å². The molecule has 3 aromatic rings. The van der Waals surface area contributed by atoms with Crippen LogP contribution >= 0.6 is 0 Å². The van der Waals surface area contributed by atoms with Gasteiger partial charge in [0.15, 0.2) is 17.2 Å². The standard InChI is InChI=1S/C25H20FNO4/c1-16-6-3-4-7-19(16)15-30-22-11-10-17(13-23(22)29-2)12-21-25(28)31-24(27-21)18-8-5-9-20(26)14-18/h3-14H,15H2,1-2H3/b21-12-. The summed E-state index contributed by atoms with van der Waals surface area (Å²) in [5.41, 5.74) is 3.44.